The van der Waals surface area contributed by atoms with Gasteiger partial charge in [0.15, 0.2) is 5.78 Å². The molecule has 1 fully saturated rings. The minimum Gasteiger partial charge on any atom is -0.361 e. The van der Waals surface area contributed by atoms with E-state index in [0.717, 1.165) is 6.42 Å². The van der Waals surface area contributed by atoms with Gasteiger partial charge in [-0.15, -0.1) is 0 Å². The van der Waals surface area contributed by atoms with Gasteiger partial charge >= 0.3 is 12.3 Å². The van der Waals surface area contributed by atoms with Gasteiger partial charge < -0.3 is 4.74 Å². The molecule has 0 unspecified atom stereocenters. The first-order chi connectivity index (χ1) is 7.80. The number of ketones is 1. The Bertz CT molecular complexity index is 273. The quantitative estimate of drug-likeness (QED) is 0.706. The van der Waals surface area contributed by atoms with Gasteiger partial charge in [0.05, 0.1) is 0 Å². The van der Waals surface area contributed by atoms with Crippen molar-refractivity contribution in [2.24, 2.45) is 0 Å². The van der Waals surface area contributed by atoms with Crippen molar-refractivity contribution >= 4 is 5.78 Å². The fraction of sp³-hybridized carbons (Fsp3) is 0.909. The molecule has 0 aromatic rings. The molecule has 0 aromatic carbocycles. The van der Waals surface area contributed by atoms with Crippen molar-refractivity contribution in [1.82, 2.24) is 0 Å². The predicted molar refractivity (Wildman–Crippen MR) is 53.4 cm³/mol. The van der Waals surface area contributed by atoms with Crippen LogP contribution in [-0.2, 0) is 9.53 Å². The van der Waals surface area contributed by atoms with Crippen LogP contribution >= 0.6 is 0 Å². The molecule has 0 saturated heterocycles. The Morgan fingerprint density at radius 1 is 1.29 bits per heavy atom. The maximum absolute atomic E-state index is 12.7. The number of Topliss-reactive ketones (excluding diaryl/α,β-unsaturated/α-hetero) is 1. The summed E-state index contributed by atoms with van der Waals surface area (Å²) >= 11 is 0. The maximum atomic E-state index is 12.7. The summed E-state index contributed by atoms with van der Waals surface area (Å²) in [4.78, 5) is 11.5. The third-order valence-electron chi connectivity index (χ3n) is 3.16. The monoisotopic (exact) mass is 256 g/mol. The smallest absolute Gasteiger partial charge is 0.330 e. The summed E-state index contributed by atoms with van der Waals surface area (Å²) in [5, 5.41) is 0. The third-order valence-corrected chi connectivity index (χ3v) is 3.16. The number of rotatable bonds is 5. The molecule has 0 radical (unpaired) electrons. The molecule has 0 aromatic heterocycles. The minimum absolute atomic E-state index is 0.335. The van der Waals surface area contributed by atoms with E-state index in [2.05, 4.69) is 0 Å². The van der Waals surface area contributed by atoms with Crippen LogP contribution in [0.5, 0.6) is 0 Å². The van der Waals surface area contributed by atoms with Crippen molar-refractivity contribution < 1.29 is 27.1 Å². The van der Waals surface area contributed by atoms with Crippen LogP contribution in [0.2, 0.25) is 0 Å². The molecule has 17 heavy (non-hydrogen) atoms. The molecule has 1 rings (SSSR count). The summed E-state index contributed by atoms with van der Waals surface area (Å²) < 4.78 is 54.3. The summed E-state index contributed by atoms with van der Waals surface area (Å²) in [6.07, 6.45) is -0.804. The number of hydrogen-bond acceptors (Lipinski definition) is 2. The fourth-order valence-corrected chi connectivity index (χ4v) is 2.02. The van der Waals surface area contributed by atoms with E-state index in [0.29, 0.717) is 25.7 Å². The molecule has 0 spiro atoms. The van der Waals surface area contributed by atoms with Gasteiger partial charge in [-0.2, -0.15) is 8.78 Å². The average Bonchev–Trinajstić information content (AvgIpc) is 2.27. The Balaban J connectivity index is 2.65. The first kappa shape index (κ1) is 14.4. The molecule has 1 aliphatic carbocycles. The molecule has 0 aliphatic heterocycles. The molecule has 0 heterocycles. The Morgan fingerprint density at radius 3 is 2.24 bits per heavy atom. The summed E-state index contributed by atoms with van der Waals surface area (Å²) in [6, 6.07) is 0. The Hall–Kier alpha value is -0.650. The lowest BCUT2D eigenvalue weighted by Gasteiger charge is -2.35. The molecule has 0 atom stereocenters. The first-order valence-electron chi connectivity index (χ1n) is 5.61. The molecular formula is C11H16F4O2. The summed E-state index contributed by atoms with van der Waals surface area (Å²) in [7, 11) is 0. The fourth-order valence-electron chi connectivity index (χ4n) is 2.02. The highest BCUT2D eigenvalue weighted by atomic mass is 19.3. The van der Waals surface area contributed by atoms with Crippen LogP contribution in [0.1, 0.15) is 39.0 Å². The van der Waals surface area contributed by atoms with Crippen molar-refractivity contribution in [2.45, 2.75) is 57.0 Å². The van der Waals surface area contributed by atoms with Crippen molar-refractivity contribution in [2.75, 3.05) is 6.61 Å². The number of hydrogen-bond donors (Lipinski definition) is 0. The van der Waals surface area contributed by atoms with Crippen molar-refractivity contribution in [3.63, 3.8) is 0 Å². The van der Waals surface area contributed by atoms with E-state index < -0.39 is 24.6 Å². The topological polar surface area (TPSA) is 26.3 Å². The molecule has 1 saturated carbocycles. The van der Waals surface area contributed by atoms with Crippen molar-refractivity contribution in [1.29, 1.82) is 0 Å². The van der Waals surface area contributed by atoms with Crippen LogP contribution in [0, 0.1) is 0 Å². The van der Waals surface area contributed by atoms with Crippen molar-refractivity contribution in [3.8, 4) is 0 Å². The molecule has 2 nitrogen and oxygen atoms in total. The second-order valence-corrected chi connectivity index (χ2v) is 4.46. The van der Waals surface area contributed by atoms with Crippen LogP contribution in [0.25, 0.3) is 0 Å². The SMILES string of the molecule is CC(=O)C1(OCC(F)(F)C(F)F)CCCCC1. The van der Waals surface area contributed by atoms with E-state index in [4.69, 9.17) is 4.74 Å². The number of carbonyl (C=O) groups is 1. The van der Waals surface area contributed by atoms with E-state index in [1.165, 1.54) is 6.92 Å². The lowest BCUT2D eigenvalue weighted by molar-refractivity contribution is -0.201. The molecule has 0 bridgehead atoms. The zero-order valence-corrected chi connectivity index (χ0v) is 9.65. The van der Waals surface area contributed by atoms with E-state index in [1.807, 2.05) is 0 Å². The highest BCUT2D eigenvalue weighted by Crippen LogP contribution is 2.34. The molecule has 6 heteroatoms. The van der Waals surface area contributed by atoms with E-state index in [9.17, 15) is 22.4 Å². The molecule has 1 aliphatic rings. The lowest BCUT2D eigenvalue weighted by Crippen LogP contribution is -2.46. The van der Waals surface area contributed by atoms with Gasteiger partial charge in [0.25, 0.3) is 0 Å². The number of carbonyl (C=O) groups excluding carboxylic acids is 1. The summed E-state index contributed by atoms with van der Waals surface area (Å²) in [5.41, 5.74) is -1.28. The zero-order chi connectivity index (χ0) is 13.1. The second-order valence-electron chi connectivity index (χ2n) is 4.46. The van der Waals surface area contributed by atoms with Crippen LogP contribution < -0.4 is 0 Å². The maximum Gasteiger partial charge on any atom is 0.330 e. The zero-order valence-electron chi connectivity index (χ0n) is 9.65. The van der Waals surface area contributed by atoms with Gasteiger partial charge in [0.1, 0.15) is 12.2 Å². The normalized spacial score (nSPS) is 20.6. The highest BCUT2D eigenvalue weighted by Gasteiger charge is 2.46. The average molecular weight is 256 g/mol. The second kappa shape index (κ2) is 5.33. The van der Waals surface area contributed by atoms with Crippen LogP contribution in [0.3, 0.4) is 0 Å². The Kier molecular flexibility index (Phi) is 4.52. The van der Waals surface area contributed by atoms with Gasteiger partial charge in [0.2, 0.25) is 0 Å². The van der Waals surface area contributed by atoms with Gasteiger partial charge in [-0.25, -0.2) is 8.78 Å². The lowest BCUT2D eigenvalue weighted by atomic mass is 9.82. The van der Waals surface area contributed by atoms with Crippen molar-refractivity contribution in [3.05, 3.63) is 0 Å². The molecule has 100 valence electrons. The van der Waals surface area contributed by atoms with Gasteiger partial charge in [-0.1, -0.05) is 19.3 Å². The number of alkyl halides is 4. The van der Waals surface area contributed by atoms with Crippen LogP contribution in [-0.4, -0.2) is 30.3 Å². The van der Waals surface area contributed by atoms with E-state index in [1.54, 1.807) is 0 Å². The predicted octanol–water partition coefficient (Wildman–Crippen LogP) is 3.20. The van der Waals surface area contributed by atoms with Crippen LogP contribution in [0.15, 0.2) is 0 Å². The minimum atomic E-state index is -4.19. The number of halogens is 4. The van der Waals surface area contributed by atoms with E-state index >= 15 is 0 Å². The van der Waals surface area contributed by atoms with E-state index in [-0.39, 0.29) is 5.78 Å². The standard InChI is InChI=1S/C11H16F4O2/c1-8(16)10(5-3-2-4-6-10)17-7-11(14,15)9(12)13/h9H,2-7H2,1H3. The van der Waals surface area contributed by atoms with Crippen LogP contribution in [0.4, 0.5) is 17.6 Å². The number of ether oxygens (including phenoxy) is 1. The van der Waals surface area contributed by atoms with Gasteiger partial charge in [0, 0.05) is 0 Å². The highest BCUT2D eigenvalue weighted by molar-refractivity contribution is 5.85. The first-order valence-corrected chi connectivity index (χ1v) is 5.61. The summed E-state index contributed by atoms with van der Waals surface area (Å²) in [6.45, 7) is -0.143. The molecular weight excluding hydrogens is 240 g/mol. The van der Waals surface area contributed by atoms with Gasteiger partial charge in [-0.3, -0.25) is 4.79 Å². The Morgan fingerprint density at radius 2 is 1.82 bits per heavy atom. The summed E-state index contributed by atoms with van der Waals surface area (Å²) in [5.74, 6) is -4.55. The largest absolute Gasteiger partial charge is 0.361 e. The molecule has 0 N–H and O–H groups in total. The molecule has 0 amide bonds. The Labute approximate surface area is 97.3 Å². The third kappa shape index (κ3) is 3.40. The van der Waals surface area contributed by atoms with Gasteiger partial charge in [-0.05, 0) is 19.8 Å².